The number of hydrogen-bond donors (Lipinski definition) is 1. The summed E-state index contributed by atoms with van der Waals surface area (Å²) in [7, 11) is 0. The van der Waals surface area contributed by atoms with E-state index in [4.69, 9.17) is 28.3 Å². The van der Waals surface area contributed by atoms with Crippen molar-refractivity contribution in [2.45, 2.75) is 32.1 Å². The standard InChI is InChI=1S/C31H28Cl2N4O/c32-26-17-25(18-27(33)20-26)30-21-28(37(36-30)29-11-10-23-6-1-2-7-24(23)19-29)8-3-9-31(38)35-14-4-5-22-12-15-34-16-13-22/h1-2,6-7,10-13,15-21H,3-5,8-9,14H2,(H,35,38). The molecule has 1 amide bonds. The largest absolute Gasteiger partial charge is 0.356 e. The highest BCUT2D eigenvalue weighted by Crippen LogP contribution is 2.29. The highest BCUT2D eigenvalue weighted by Gasteiger charge is 2.14. The predicted molar refractivity (Wildman–Crippen MR) is 155 cm³/mol. The van der Waals surface area contributed by atoms with E-state index in [1.165, 1.54) is 10.9 Å². The van der Waals surface area contributed by atoms with E-state index in [2.05, 4.69) is 46.7 Å². The van der Waals surface area contributed by atoms with Gasteiger partial charge in [-0.3, -0.25) is 9.78 Å². The average molecular weight is 543 g/mol. The highest BCUT2D eigenvalue weighted by atomic mass is 35.5. The summed E-state index contributed by atoms with van der Waals surface area (Å²) in [4.78, 5) is 16.5. The number of aryl methyl sites for hydroxylation is 2. The van der Waals surface area contributed by atoms with Gasteiger partial charge in [-0.15, -0.1) is 0 Å². The van der Waals surface area contributed by atoms with Gasteiger partial charge in [0.1, 0.15) is 0 Å². The molecule has 0 aliphatic carbocycles. The van der Waals surface area contributed by atoms with Crippen LogP contribution >= 0.6 is 23.2 Å². The van der Waals surface area contributed by atoms with Gasteiger partial charge in [-0.2, -0.15) is 5.10 Å². The van der Waals surface area contributed by atoms with Gasteiger partial charge in [-0.25, -0.2) is 4.68 Å². The zero-order valence-electron chi connectivity index (χ0n) is 20.9. The highest BCUT2D eigenvalue weighted by molar-refractivity contribution is 6.35. The third-order valence-corrected chi connectivity index (χ3v) is 6.91. The number of nitrogens with one attached hydrogen (secondary N) is 1. The smallest absolute Gasteiger partial charge is 0.220 e. The molecule has 1 N–H and O–H groups in total. The Morgan fingerprint density at radius 1 is 0.816 bits per heavy atom. The molecular formula is C31H28Cl2N4O. The van der Waals surface area contributed by atoms with E-state index in [1.807, 2.05) is 41.1 Å². The maximum Gasteiger partial charge on any atom is 0.220 e. The Bertz CT molecular complexity index is 1530. The second-order valence-electron chi connectivity index (χ2n) is 9.28. The lowest BCUT2D eigenvalue weighted by Gasteiger charge is -2.09. The number of amides is 1. The van der Waals surface area contributed by atoms with E-state index in [9.17, 15) is 4.79 Å². The first-order valence-corrected chi connectivity index (χ1v) is 13.5. The molecule has 0 aliphatic heterocycles. The van der Waals surface area contributed by atoms with Gasteiger partial charge in [-0.1, -0.05) is 53.5 Å². The molecule has 38 heavy (non-hydrogen) atoms. The SMILES string of the molecule is O=C(CCCc1cc(-c2cc(Cl)cc(Cl)c2)nn1-c1ccc2ccccc2c1)NCCCc1ccncc1. The molecule has 5 rings (SSSR count). The molecular weight excluding hydrogens is 515 g/mol. The minimum atomic E-state index is 0.0679. The molecule has 0 saturated heterocycles. The second kappa shape index (κ2) is 12.2. The Morgan fingerprint density at radius 2 is 1.58 bits per heavy atom. The lowest BCUT2D eigenvalue weighted by molar-refractivity contribution is -0.121. The molecule has 0 saturated carbocycles. The van der Waals surface area contributed by atoms with Gasteiger partial charge < -0.3 is 5.32 Å². The maximum absolute atomic E-state index is 12.5. The summed E-state index contributed by atoms with van der Waals surface area (Å²) in [6.07, 6.45) is 7.28. The second-order valence-corrected chi connectivity index (χ2v) is 10.2. The van der Waals surface area contributed by atoms with Crippen molar-refractivity contribution < 1.29 is 4.79 Å². The number of fused-ring (bicyclic) bond motifs is 1. The summed E-state index contributed by atoms with van der Waals surface area (Å²) in [5.74, 6) is 0.0679. The van der Waals surface area contributed by atoms with Crippen LogP contribution in [0.2, 0.25) is 10.0 Å². The van der Waals surface area contributed by atoms with E-state index < -0.39 is 0 Å². The van der Waals surface area contributed by atoms with E-state index >= 15 is 0 Å². The Kier molecular flexibility index (Phi) is 8.37. The van der Waals surface area contributed by atoms with Gasteiger partial charge in [0, 0.05) is 46.7 Å². The quantitative estimate of drug-likeness (QED) is 0.186. The molecule has 5 aromatic rings. The fraction of sp³-hybridized carbons (Fsp3) is 0.194. The Balaban J connectivity index is 1.28. The zero-order valence-corrected chi connectivity index (χ0v) is 22.4. The van der Waals surface area contributed by atoms with E-state index in [0.29, 0.717) is 35.9 Å². The van der Waals surface area contributed by atoms with E-state index in [1.54, 1.807) is 18.5 Å². The van der Waals surface area contributed by atoms with Crippen LogP contribution in [0.5, 0.6) is 0 Å². The van der Waals surface area contributed by atoms with Crippen molar-refractivity contribution in [3.05, 3.63) is 113 Å². The van der Waals surface area contributed by atoms with Crippen molar-refractivity contribution in [2.24, 2.45) is 0 Å². The van der Waals surface area contributed by atoms with Crippen LogP contribution in [0.25, 0.3) is 27.7 Å². The van der Waals surface area contributed by atoms with Crippen molar-refractivity contribution in [3.63, 3.8) is 0 Å². The molecule has 0 atom stereocenters. The Morgan fingerprint density at radius 3 is 2.37 bits per heavy atom. The summed E-state index contributed by atoms with van der Waals surface area (Å²) < 4.78 is 1.96. The van der Waals surface area contributed by atoms with Crippen LogP contribution in [0.1, 0.15) is 30.5 Å². The van der Waals surface area contributed by atoms with Crippen LogP contribution in [0, 0.1) is 0 Å². The molecule has 0 aliphatic rings. The number of aromatic nitrogens is 3. The molecule has 7 heteroatoms. The number of benzene rings is 3. The zero-order chi connectivity index (χ0) is 26.3. The first kappa shape index (κ1) is 26.0. The van der Waals surface area contributed by atoms with Gasteiger partial charge in [-0.05, 0) is 90.6 Å². The van der Waals surface area contributed by atoms with Crippen molar-refractivity contribution in [1.29, 1.82) is 0 Å². The van der Waals surface area contributed by atoms with Gasteiger partial charge in [0.15, 0.2) is 0 Å². The summed E-state index contributed by atoms with van der Waals surface area (Å²) in [5, 5.41) is 11.4. The summed E-state index contributed by atoms with van der Waals surface area (Å²) in [6.45, 7) is 0.663. The third-order valence-electron chi connectivity index (χ3n) is 6.47. The van der Waals surface area contributed by atoms with Crippen LogP contribution in [0.15, 0.2) is 91.3 Å². The summed E-state index contributed by atoms with van der Waals surface area (Å²) in [6, 6.07) is 26.1. The van der Waals surface area contributed by atoms with Gasteiger partial charge >= 0.3 is 0 Å². The number of halogens is 2. The first-order valence-electron chi connectivity index (χ1n) is 12.8. The number of carbonyl (C=O) groups excluding carboxylic acids is 1. The van der Waals surface area contributed by atoms with Crippen molar-refractivity contribution >= 4 is 39.9 Å². The van der Waals surface area contributed by atoms with Crippen molar-refractivity contribution in [2.75, 3.05) is 6.54 Å². The lowest BCUT2D eigenvalue weighted by Crippen LogP contribution is -2.24. The number of rotatable bonds is 10. The molecule has 0 radical (unpaired) electrons. The van der Waals surface area contributed by atoms with Crippen LogP contribution in [0.4, 0.5) is 0 Å². The van der Waals surface area contributed by atoms with E-state index in [0.717, 1.165) is 40.9 Å². The fourth-order valence-electron chi connectivity index (χ4n) is 4.56. The molecule has 2 aromatic heterocycles. The van der Waals surface area contributed by atoms with Crippen LogP contribution < -0.4 is 5.32 Å². The van der Waals surface area contributed by atoms with Crippen LogP contribution in [-0.2, 0) is 17.6 Å². The van der Waals surface area contributed by atoms with E-state index in [-0.39, 0.29) is 5.91 Å². The molecule has 5 nitrogen and oxygen atoms in total. The van der Waals surface area contributed by atoms with Gasteiger partial charge in [0.2, 0.25) is 5.91 Å². The predicted octanol–water partition coefficient (Wildman–Crippen LogP) is 7.47. The third kappa shape index (κ3) is 6.60. The molecule has 2 heterocycles. The van der Waals surface area contributed by atoms with Crippen molar-refractivity contribution in [1.82, 2.24) is 20.1 Å². The Labute approximate surface area is 232 Å². The van der Waals surface area contributed by atoms with Gasteiger partial charge in [0.25, 0.3) is 0 Å². The molecule has 192 valence electrons. The van der Waals surface area contributed by atoms with Crippen molar-refractivity contribution in [3.8, 4) is 16.9 Å². The lowest BCUT2D eigenvalue weighted by atomic mass is 10.1. The molecule has 0 bridgehead atoms. The Hall–Kier alpha value is -3.67. The number of nitrogens with zero attached hydrogens (tertiary/aromatic N) is 3. The number of pyridine rings is 1. The summed E-state index contributed by atoms with van der Waals surface area (Å²) >= 11 is 12.5. The molecule has 0 fully saturated rings. The number of hydrogen-bond acceptors (Lipinski definition) is 3. The monoisotopic (exact) mass is 542 g/mol. The number of carbonyl (C=O) groups is 1. The summed E-state index contributed by atoms with van der Waals surface area (Å²) in [5.41, 5.74) is 4.87. The van der Waals surface area contributed by atoms with Crippen LogP contribution in [-0.4, -0.2) is 27.2 Å². The molecule has 0 spiro atoms. The maximum atomic E-state index is 12.5. The minimum Gasteiger partial charge on any atom is -0.356 e. The topological polar surface area (TPSA) is 59.8 Å². The van der Waals surface area contributed by atoms with Crippen LogP contribution in [0.3, 0.4) is 0 Å². The van der Waals surface area contributed by atoms with Gasteiger partial charge in [0.05, 0.1) is 11.4 Å². The molecule has 0 unspecified atom stereocenters. The fourth-order valence-corrected chi connectivity index (χ4v) is 5.09. The normalized spacial score (nSPS) is 11.1. The average Bonchev–Trinajstić information content (AvgIpc) is 3.35. The molecule has 3 aromatic carbocycles. The first-order chi connectivity index (χ1) is 18.5. The minimum absolute atomic E-state index is 0.0679.